The SMILES string of the molecule is CCNc1nc(C)cc(OCCCOCCOC)n1. The van der Waals surface area contributed by atoms with Crippen LogP contribution in [0.4, 0.5) is 5.95 Å². The van der Waals surface area contributed by atoms with Gasteiger partial charge in [-0.05, 0) is 13.8 Å². The van der Waals surface area contributed by atoms with Gasteiger partial charge in [0.05, 0.1) is 19.8 Å². The van der Waals surface area contributed by atoms with Crippen LogP contribution in [0.5, 0.6) is 5.88 Å². The third-order valence-corrected chi connectivity index (χ3v) is 2.28. The van der Waals surface area contributed by atoms with Crippen molar-refractivity contribution in [3.05, 3.63) is 11.8 Å². The van der Waals surface area contributed by atoms with E-state index in [0.717, 1.165) is 18.7 Å². The minimum atomic E-state index is 0.578. The Bertz CT molecular complexity index is 361. The first-order valence-electron chi connectivity index (χ1n) is 6.55. The summed E-state index contributed by atoms with van der Waals surface area (Å²) in [7, 11) is 1.66. The van der Waals surface area contributed by atoms with Gasteiger partial charge < -0.3 is 19.5 Å². The third-order valence-electron chi connectivity index (χ3n) is 2.28. The number of ether oxygens (including phenoxy) is 3. The number of aryl methyl sites for hydroxylation is 1. The zero-order valence-corrected chi connectivity index (χ0v) is 11.9. The van der Waals surface area contributed by atoms with Crippen molar-refractivity contribution < 1.29 is 14.2 Å². The highest BCUT2D eigenvalue weighted by Crippen LogP contribution is 2.11. The summed E-state index contributed by atoms with van der Waals surface area (Å²) in [5, 5.41) is 3.07. The molecule has 0 aliphatic rings. The van der Waals surface area contributed by atoms with Crippen molar-refractivity contribution in [2.24, 2.45) is 0 Å². The summed E-state index contributed by atoms with van der Waals surface area (Å²) < 4.78 is 15.8. The van der Waals surface area contributed by atoms with Gasteiger partial charge in [0.25, 0.3) is 0 Å². The Labute approximate surface area is 114 Å². The highest BCUT2D eigenvalue weighted by molar-refractivity contribution is 5.30. The molecule has 19 heavy (non-hydrogen) atoms. The van der Waals surface area contributed by atoms with E-state index >= 15 is 0 Å². The van der Waals surface area contributed by atoms with E-state index in [4.69, 9.17) is 14.2 Å². The van der Waals surface area contributed by atoms with Crippen LogP contribution in [0.15, 0.2) is 6.07 Å². The molecule has 6 nitrogen and oxygen atoms in total. The van der Waals surface area contributed by atoms with Crippen molar-refractivity contribution in [2.45, 2.75) is 20.3 Å². The minimum absolute atomic E-state index is 0.578. The van der Waals surface area contributed by atoms with Crippen molar-refractivity contribution >= 4 is 5.95 Å². The van der Waals surface area contributed by atoms with Gasteiger partial charge in [-0.1, -0.05) is 0 Å². The van der Waals surface area contributed by atoms with Crippen molar-refractivity contribution in [1.82, 2.24) is 9.97 Å². The molecule has 0 amide bonds. The van der Waals surface area contributed by atoms with E-state index in [9.17, 15) is 0 Å². The second-order valence-electron chi connectivity index (χ2n) is 4.01. The maximum atomic E-state index is 5.58. The fourth-order valence-corrected chi connectivity index (χ4v) is 1.43. The summed E-state index contributed by atoms with van der Waals surface area (Å²) in [5.74, 6) is 1.20. The molecule has 108 valence electrons. The van der Waals surface area contributed by atoms with E-state index in [-0.39, 0.29) is 0 Å². The third kappa shape index (κ3) is 6.93. The number of methoxy groups -OCH3 is 1. The molecule has 0 aromatic carbocycles. The second-order valence-corrected chi connectivity index (χ2v) is 4.01. The van der Waals surface area contributed by atoms with Crippen LogP contribution in [-0.4, -0.2) is 50.1 Å². The molecule has 1 aromatic rings. The first kappa shape index (κ1) is 15.7. The van der Waals surface area contributed by atoms with Crippen LogP contribution in [-0.2, 0) is 9.47 Å². The molecule has 1 rings (SSSR count). The Morgan fingerprint density at radius 2 is 2.00 bits per heavy atom. The topological polar surface area (TPSA) is 65.5 Å². The molecular formula is C13H23N3O3. The van der Waals surface area contributed by atoms with Gasteiger partial charge in [-0.2, -0.15) is 4.98 Å². The standard InChI is InChI=1S/C13H23N3O3/c1-4-14-13-15-11(2)10-12(16-13)19-7-5-6-18-9-8-17-3/h10H,4-9H2,1-3H3,(H,14,15,16). The summed E-state index contributed by atoms with van der Waals surface area (Å²) >= 11 is 0. The Morgan fingerprint density at radius 1 is 1.16 bits per heavy atom. The van der Waals surface area contributed by atoms with E-state index in [2.05, 4.69) is 15.3 Å². The molecular weight excluding hydrogens is 246 g/mol. The molecule has 1 N–H and O–H groups in total. The molecule has 0 bridgehead atoms. The zero-order valence-electron chi connectivity index (χ0n) is 11.9. The van der Waals surface area contributed by atoms with Gasteiger partial charge in [0.2, 0.25) is 11.8 Å². The second kappa shape index (κ2) is 9.52. The van der Waals surface area contributed by atoms with Crippen molar-refractivity contribution in [3.63, 3.8) is 0 Å². The van der Waals surface area contributed by atoms with E-state index in [1.54, 1.807) is 7.11 Å². The zero-order chi connectivity index (χ0) is 13.9. The summed E-state index contributed by atoms with van der Waals surface area (Å²) in [5.41, 5.74) is 0.886. The van der Waals surface area contributed by atoms with Crippen LogP contribution >= 0.6 is 0 Å². The molecule has 0 aliphatic heterocycles. The molecule has 0 aliphatic carbocycles. The number of hydrogen-bond donors (Lipinski definition) is 1. The normalized spacial score (nSPS) is 10.5. The summed E-state index contributed by atoms with van der Waals surface area (Å²) in [4.78, 5) is 8.53. The number of aromatic nitrogens is 2. The van der Waals surface area contributed by atoms with Gasteiger partial charge in [-0.15, -0.1) is 0 Å². The smallest absolute Gasteiger partial charge is 0.226 e. The Balaban J connectivity index is 2.25. The Hall–Kier alpha value is -1.40. The van der Waals surface area contributed by atoms with Crippen LogP contribution in [0.25, 0.3) is 0 Å². The minimum Gasteiger partial charge on any atom is -0.477 e. The Morgan fingerprint density at radius 3 is 2.74 bits per heavy atom. The monoisotopic (exact) mass is 269 g/mol. The number of nitrogens with one attached hydrogen (secondary N) is 1. The first-order valence-corrected chi connectivity index (χ1v) is 6.55. The van der Waals surface area contributed by atoms with Gasteiger partial charge in [-0.3, -0.25) is 0 Å². The first-order chi connectivity index (χ1) is 9.26. The predicted molar refractivity (Wildman–Crippen MR) is 73.7 cm³/mol. The van der Waals surface area contributed by atoms with Crippen LogP contribution in [0.3, 0.4) is 0 Å². The fraction of sp³-hybridized carbons (Fsp3) is 0.692. The molecule has 1 aromatic heterocycles. The highest BCUT2D eigenvalue weighted by Gasteiger charge is 2.02. The van der Waals surface area contributed by atoms with E-state index in [0.29, 0.717) is 38.3 Å². The Kier molecular flexibility index (Phi) is 7.84. The van der Waals surface area contributed by atoms with Gasteiger partial charge in [0.15, 0.2) is 0 Å². The van der Waals surface area contributed by atoms with E-state index < -0.39 is 0 Å². The van der Waals surface area contributed by atoms with Crippen molar-refractivity contribution in [2.75, 3.05) is 45.4 Å². The maximum absolute atomic E-state index is 5.58. The summed E-state index contributed by atoms with van der Waals surface area (Å²) in [6.45, 7) is 7.19. The molecule has 0 fully saturated rings. The average molecular weight is 269 g/mol. The molecule has 1 heterocycles. The fourth-order valence-electron chi connectivity index (χ4n) is 1.43. The highest BCUT2D eigenvalue weighted by atomic mass is 16.5. The van der Waals surface area contributed by atoms with Gasteiger partial charge >= 0.3 is 0 Å². The molecule has 0 unspecified atom stereocenters. The summed E-state index contributed by atoms with van der Waals surface area (Å²) in [6, 6.07) is 1.83. The average Bonchev–Trinajstić information content (AvgIpc) is 2.37. The maximum Gasteiger partial charge on any atom is 0.226 e. The van der Waals surface area contributed by atoms with Crippen LogP contribution in [0, 0.1) is 6.92 Å². The lowest BCUT2D eigenvalue weighted by atomic mass is 10.4. The summed E-state index contributed by atoms with van der Waals surface area (Å²) in [6.07, 6.45) is 0.823. The van der Waals surface area contributed by atoms with E-state index in [1.165, 1.54) is 0 Å². The lowest BCUT2D eigenvalue weighted by Gasteiger charge is -2.08. The van der Waals surface area contributed by atoms with Crippen molar-refractivity contribution in [1.29, 1.82) is 0 Å². The lowest BCUT2D eigenvalue weighted by Crippen LogP contribution is -2.09. The number of nitrogens with zero attached hydrogens (tertiary/aromatic N) is 2. The number of anilines is 1. The lowest BCUT2D eigenvalue weighted by molar-refractivity contribution is 0.0642. The largest absolute Gasteiger partial charge is 0.477 e. The number of rotatable bonds is 10. The molecule has 0 saturated carbocycles. The molecule has 6 heteroatoms. The van der Waals surface area contributed by atoms with Gasteiger partial charge in [-0.25, -0.2) is 4.98 Å². The number of hydrogen-bond acceptors (Lipinski definition) is 6. The van der Waals surface area contributed by atoms with Crippen LogP contribution < -0.4 is 10.1 Å². The van der Waals surface area contributed by atoms with Crippen molar-refractivity contribution in [3.8, 4) is 5.88 Å². The molecule has 0 atom stereocenters. The van der Waals surface area contributed by atoms with Crippen LogP contribution in [0.2, 0.25) is 0 Å². The van der Waals surface area contributed by atoms with Gasteiger partial charge in [0, 0.05) is 38.4 Å². The quantitative estimate of drug-likeness (QED) is 0.652. The van der Waals surface area contributed by atoms with Crippen LogP contribution in [0.1, 0.15) is 19.0 Å². The molecule has 0 saturated heterocycles. The molecule has 0 spiro atoms. The molecule has 0 radical (unpaired) electrons. The van der Waals surface area contributed by atoms with E-state index in [1.807, 2.05) is 19.9 Å². The van der Waals surface area contributed by atoms with Gasteiger partial charge in [0.1, 0.15) is 0 Å². The predicted octanol–water partition coefficient (Wildman–Crippen LogP) is 1.65.